The third kappa shape index (κ3) is 4.42. The number of thioether (sulfide) groups is 1. The summed E-state index contributed by atoms with van der Waals surface area (Å²) in [5.41, 5.74) is 3.10. The lowest BCUT2D eigenvalue weighted by molar-refractivity contribution is -0.128. The van der Waals surface area contributed by atoms with Crippen molar-refractivity contribution in [2.75, 3.05) is 19.4 Å². The van der Waals surface area contributed by atoms with Crippen molar-refractivity contribution in [2.24, 2.45) is 0 Å². The van der Waals surface area contributed by atoms with E-state index in [-0.39, 0.29) is 11.2 Å². The van der Waals surface area contributed by atoms with Crippen molar-refractivity contribution in [3.8, 4) is 0 Å². The molecule has 134 valence electrons. The fourth-order valence-electron chi connectivity index (χ4n) is 2.36. The van der Waals surface area contributed by atoms with E-state index in [9.17, 15) is 4.79 Å². The van der Waals surface area contributed by atoms with Gasteiger partial charge in [-0.15, -0.1) is 10.2 Å². The lowest BCUT2D eigenvalue weighted by Crippen LogP contribution is -2.26. The Bertz CT molecular complexity index is 880. The van der Waals surface area contributed by atoms with Crippen molar-refractivity contribution in [3.05, 3.63) is 65.7 Å². The highest BCUT2D eigenvalue weighted by atomic mass is 32.2. The van der Waals surface area contributed by atoms with Crippen LogP contribution in [0.3, 0.4) is 0 Å². The molecule has 3 rings (SSSR count). The monoisotopic (exact) mass is 384 g/mol. The Kier molecular flexibility index (Phi) is 5.90. The van der Waals surface area contributed by atoms with E-state index >= 15 is 0 Å². The third-order valence-electron chi connectivity index (χ3n) is 3.78. The van der Waals surface area contributed by atoms with Gasteiger partial charge in [-0.2, -0.15) is 0 Å². The Morgan fingerprint density at radius 3 is 2.46 bits per heavy atom. The van der Waals surface area contributed by atoms with Crippen molar-refractivity contribution in [3.63, 3.8) is 0 Å². The highest BCUT2D eigenvalue weighted by Gasteiger charge is 2.25. The maximum atomic E-state index is 12.6. The summed E-state index contributed by atoms with van der Waals surface area (Å²) >= 11 is 2.87. The largest absolute Gasteiger partial charge is 0.348 e. The Labute approximate surface area is 161 Å². The third-order valence-corrected chi connectivity index (χ3v) is 5.94. The van der Waals surface area contributed by atoms with Gasteiger partial charge in [0.1, 0.15) is 5.25 Å². The average Bonchev–Trinajstić information content (AvgIpc) is 3.09. The molecule has 5 nitrogen and oxygen atoms in total. The molecule has 7 heteroatoms. The molecule has 1 atom stereocenters. The number of anilines is 2. The molecule has 0 aliphatic heterocycles. The van der Waals surface area contributed by atoms with Crippen LogP contribution in [-0.2, 0) is 4.79 Å². The van der Waals surface area contributed by atoms with Crippen LogP contribution in [-0.4, -0.2) is 35.1 Å². The average molecular weight is 385 g/mol. The van der Waals surface area contributed by atoms with Gasteiger partial charge in [0.15, 0.2) is 4.34 Å². The lowest BCUT2D eigenvalue weighted by atomic mass is 10.1. The molecule has 0 saturated carbocycles. The van der Waals surface area contributed by atoms with Gasteiger partial charge in [-0.25, -0.2) is 0 Å². The molecule has 0 saturated heterocycles. The number of hydrogen-bond donors (Lipinski definition) is 1. The molecular formula is C19H20N4OS2. The van der Waals surface area contributed by atoms with E-state index in [1.54, 1.807) is 19.0 Å². The predicted molar refractivity (Wildman–Crippen MR) is 108 cm³/mol. The fourth-order valence-corrected chi connectivity index (χ4v) is 4.46. The number of aromatic nitrogens is 2. The number of hydrogen-bond acceptors (Lipinski definition) is 6. The Morgan fingerprint density at radius 1 is 1.08 bits per heavy atom. The summed E-state index contributed by atoms with van der Waals surface area (Å²) in [6, 6.07) is 17.8. The standard InChI is InChI=1S/C19H20N4OS2/c1-13-9-7-8-12-15(13)20-18-21-22-19(26-18)25-16(17(24)23(2)3)14-10-5-4-6-11-14/h4-12,16H,1-3H3,(H,20,21)/t16-/m1/s1. The van der Waals surface area contributed by atoms with Gasteiger partial charge >= 0.3 is 0 Å². The first-order valence-corrected chi connectivity index (χ1v) is 9.83. The van der Waals surface area contributed by atoms with Crippen LogP contribution in [0.25, 0.3) is 0 Å². The zero-order valence-corrected chi connectivity index (χ0v) is 16.5. The number of carbonyl (C=O) groups excluding carboxylic acids is 1. The molecule has 2 aromatic carbocycles. The van der Waals surface area contributed by atoms with Crippen molar-refractivity contribution >= 4 is 39.8 Å². The van der Waals surface area contributed by atoms with E-state index in [0.29, 0.717) is 5.13 Å². The van der Waals surface area contributed by atoms with Crippen LogP contribution in [0.5, 0.6) is 0 Å². The molecular weight excluding hydrogens is 364 g/mol. The molecule has 0 bridgehead atoms. The fraction of sp³-hybridized carbons (Fsp3) is 0.211. The number of rotatable bonds is 6. The number of likely N-dealkylation sites (N-methyl/N-ethyl adjacent to an activating group) is 1. The minimum Gasteiger partial charge on any atom is -0.348 e. The summed E-state index contributed by atoms with van der Waals surface area (Å²) < 4.78 is 0.755. The normalized spacial score (nSPS) is 11.8. The van der Waals surface area contributed by atoms with Crippen molar-refractivity contribution in [2.45, 2.75) is 16.5 Å². The summed E-state index contributed by atoms with van der Waals surface area (Å²) in [5.74, 6) is 0.0322. The van der Waals surface area contributed by atoms with Crippen LogP contribution < -0.4 is 5.32 Å². The molecule has 0 aliphatic carbocycles. The summed E-state index contributed by atoms with van der Waals surface area (Å²) in [6.07, 6.45) is 0. The highest BCUT2D eigenvalue weighted by Crippen LogP contribution is 2.39. The van der Waals surface area contributed by atoms with Gasteiger partial charge in [-0.3, -0.25) is 4.79 Å². The maximum Gasteiger partial charge on any atom is 0.240 e. The van der Waals surface area contributed by atoms with Gasteiger partial charge in [-0.05, 0) is 24.1 Å². The second-order valence-electron chi connectivity index (χ2n) is 5.95. The molecule has 1 aromatic heterocycles. The first-order chi connectivity index (χ1) is 12.5. The SMILES string of the molecule is Cc1ccccc1Nc1nnc(S[C@@H](C(=O)N(C)C)c2ccccc2)s1. The van der Waals surface area contributed by atoms with Gasteiger partial charge < -0.3 is 10.2 Å². The van der Waals surface area contributed by atoms with Crippen LogP contribution in [0.1, 0.15) is 16.4 Å². The molecule has 0 radical (unpaired) electrons. The van der Waals surface area contributed by atoms with Gasteiger partial charge in [0.25, 0.3) is 0 Å². The van der Waals surface area contributed by atoms with Crippen LogP contribution in [0.15, 0.2) is 58.9 Å². The number of nitrogens with zero attached hydrogens (tertiary/aromatic N) is 3. The summed E-state index contributed by atoms with van der Waals surface area (Å²) in [4.78, 5) is 14.2. The van der Waals surface area contributed by atoms with E-state index < -0.39 is 0 Å². The summed E-state index contributed by atoms with van der Waals surface area (Å²) in [6.45, 7) is 2.04. The molecule has 0 unspecified atom stereocenters. The van der Waals surface area contributed by atoms with Gasteiger partial charge in [0.05, 0.1) is 0 Å². The number of para-hydroxylation sites is 1. The summed E-state index contributed by atoms with van der Waals surface area (Å²) in [5, 5.41) is 12.1. The zero-order chi connectivity index (χ0) is 18.5. The molecule has 1 amide bonds. The van der Waals surface area contributed by atoms with Gasteiger partial charge in [0, 0.05) is 19.8 Å². The van der Waals surface area contributed by atoms with Gasteiger partial charge in [0.2, 0.25) is 11.0 Å². The first kappa shape index (κ1) is 18.4. The van der Waals surface area contributed by atoms with Crippen molar-refractivity contribution in [1.82, 2.24) is 15.1 Å². The molecule has 3 aromatic rings. The number of benzene rings is 2. The maximum absolute atomic E-state index is 12.6. The lowest BCUT2D eigenvalue weighted by Gasteiger charge is -2.19. The van der Waals surface area contributed by atoms with E-state index in [1.807, 2.05) is 61.5 Å². The van der Waals surface area contributed by atoms with Crippen molar-refractivity contribution in [1.29, 1.82) is 0 Å². The van der Waals surface area contributed by atoms with Crippen LogP contribution in [0.2, 0.25) is 0 Å². The van der Waals surface area contributed by atoms with Crippen LogP contribution >= 0.6 is 23.1 Å². The number of aryl methyl sites for hydroxylation is 1. The van der Waals surface area contributed by atoms with E-state index in [1.165, 1.54) is 23.1 Å². The molecule has 26 heavy (non-hydrogen) atoms. The van der Waals surface area contributed by atoms with E-state index in [4.69, 9.17) is 0 Å². The minimum atomic E-state index is -0.342. The smallest absolute Gasteiger partial charge is 0.240 e. The summed E-state index contributed by atoms with van der Waals surface area (Å²) in [7, 11) is 3.54. The Morgan fingerprint density at radius 2 is 1.77 bits per heavy atom. The van der Waals surface area contributed by atoms with E-state index in [0.717, 1.165) is 21.2 Å². The van der Waals surface area contributed by atoms with Gasteiger partial charge in [-0.1, -0.05) is 71.6 Å². The molecule has 1 N–H and O–H groups in total. The number of nitrogens with one attached hydrogen (secondary N) is 1. The zero-order valence-electron chi connectivity index (χ0n) is 14.8. The van der Waals surface area contributed by atoms with Crippen LogP contribution in [0, 0.1) is 6.92 Å². The molecule has 0 aliphatic rings. The predicted octanol–water partition coefficient (Wildman–Crippen LogP) is 4.51. The number of carbonyl (C=O) groups is 1. The van der Waals surface area contributed by atoms with E-state index in [2.05, 4.69) is 15.5 Å². The van der Waals surface area contributed by atoms with Crippen LogP contribution in [0.4, 0.5) is 10.8 Å². The highest BCUT2D eigenvalue weighted by molar-refractivity contribution is 8.01. The minimum absolute atomic E-state index is 0.0322. The topological polar surface area (TPSA) is 58.1 Å². The van der Waals surface area contributed by atoms with Crippen molar-refractivity contribution < 1.29 is 4.79 Å². The first-order valence-electron chi connectivity index (χ1n) is 8.13. The Balaban J connectivity index is 1.79. The second-order valence-corrected chi connectivity index (χ2v) is 8.28. The molecule has 0 spiro atoms. The molecule has 0 fully saturated rings. The second kappa shape index (κ2) is 8.33. The Hall–Kier alpha value is -2.38. The number of amides is 1. The molecule has 1 heterocycles. The quantitative estimate of drug-likeness (QED) is 0.634.